The Labute approximate surface area is 165 Å². The van der Waals surface area contributed by atoms with Gasteiger partial charge in [0.1, 0.15) is 5.82 Å². The number of rotatable bonds is 7. The third-order valence-corrected chi connectivity index (χ3v) is 5.21. The lowest BCUT2D eigenvalue weighted by atomic mass is 10.2. The van der Waals surface area contributed by atoms with Gasteiger partial charge in [0.25, 0.3) is 0 Å². The Morgan fingerprint density at radius 3 is 2.79 bits per heavy atom. The zero-order chi connectivity index (χ0) is 19.3. The summed E-state index contributed by atoms with van der Waals surface area (Å²) in [6, 6.07) is 11.9. The van der Waals surface area contributed by atoms with Gasteiger partial charge in [-0.2, -0.15) is 0 Å². The predicted molar refractivity (Wildman–Crippen MR) is 103 cm³/mol. The average molecular weight is 399 g/mol. The van der Waals surface area contributed by atoms with Crippen molar-refractivity contribution in [3.63, 3.8) is 0 Å². The number of carbonyl (C=O) groups excluding carboxylic acids is 1. The number of hydrogen-bond donors (Lipinski definition) is 1. The van der Waals surface area contributed by atoms with Crippen molar-refractivity contribution in [1.82, 2.24) is 14.9 Å². The van der Waals surface area contributed by atoms with Crippen LogP contribution in [0.25, 0.3) is 0 Å². The topological polar surface area (TPSA) is 65.4 Å². The molecule has 4 rings (SSSR count). The molecular weight excluding hydrogens is 381 g/mol. The molecule has 0 saturated carbocycles. The van der Waals surface area contributed by atoms with Crippen LogP contribution < -0.4 is 14.8 Å². The molecule has 6 nitrogen and oxygen atoms in total. The minimum atomic E-state index is -0.261. The molecule has 1 aliphatic heterocycles. The average Bonchev–Trinajstić information content (AvgIpc) is 3.35. The summed E-state index contributed by atoms with van der Waals surface area (Å²) < 4.78 is 25.6. The van der Waals surface area contributed by atoms with Crippen LogP contribution in [-0.2, 0) is 17.9 Å². The summed E-state index contributed by atoms with van der Waals surface area (Å²) >= 11 is 1.36. The number of benzene rings is 2. The van der Waals surface area contributed by atoms with Gasteiger partial charge in [0.05, 0.1) is 5.75 Å². The molecule has 1 amide bonds. The summed E-state index contributed by atoms with van der Waals surface area (Å²) in [5, 5.41) is 3.63. The number of nitrogens with zero attached hydrogens (tertiary/aromatic N) is 2. The molecule has 0 unspecified atom stereocenters. The van der Waals surface area contributed by atoms with Gasteiger partial charge in [-0.1, -0.05) is 30.0 Å². The minimum absolute atomic E-state index is 0.0843. The molecule has 144 valence electrons. The molecule has 1 aromatic heterocycles. The molecule has 0 bridgehead atoms. The summed E-state index contributed by atoms with van der Waals surface area (Å²) in [5.41, 5.74) is 1.91. The number of fused-ring (bicyclic) bond motifs is 1. The van der Waals surface area contributed by atoms with Crippen LogP contribution in [0.3, 0.4) is 0 Å². The van der Waals surface area contributed by atoms with E-state index in [2.05, 4.69) is 10.3 Å². The van der Waals surface area contributed by atoms with Crippen molar-refractivity contribution in [2.24, 2.45) is 0 Å². The Hall–Kier alpha value is -3.00. The smallest absolute Gasteiger partial charge is 0.231 e. The highest BCUT2D eigenvalue weighted by atomic mass is 32.2. The molecule has 3 aromatic rings. The zero-order valence-corrected chi connectivity index (χ0v) is 15.7. The number of carbonyl (C=O) groups is 1. The summed E-state index contributed by atoms with van der Waals surface area (Å²) in [5.74, 6) is 1.33. The van der Waals surface area contributed by atoms with Crippen molar-refractivity contribution in [3.8, 4) is 11.5 Å². The first-order valence-electron chi connectivity index (χ1n) is 8.71. The fraction of sp³-hybridized carbons (Fsp3) is 0.200. The van der Waals surface area contributed by atoms with Crippen molar-refractivity contribution in [3.05, 3.63) is 71.8 Å². The number of nitrogens with one attached hydrogen (secondary N) is 1. The molecule has 0 radical (unpaired) electrons. The largest absolute Gasteiger partial charge is 0.454 e. The Morgan fingerprint density at radius 1 is 1.14 bits per heavy atom. The van der Waals surface area contributed by atoms with E-state index in [1.54, 1.807) is 18.3 Å². The van der Waals surface area contributed by atoms with Gasteiger partial charge < -0.3 is 19.4 Å². The van der Waals surface area contributed by atoms with Crippen molar-refractivity contribution < 1.29 is 18.7 Å². The molecule has 0 aliphatic carbocycles. The Kier molecular flexibility index (Phi) is 5.48. The molecule has 2 aromatic carbocycles. The molecule has 1 N–H and O–H groups in total. The number of ether oxygens (including phenoxy) is 2. The highest BCUT2D eigenvalue weighted by Crippen LogP contribution is 2.32. The highest BCUT2D eigenvalue weighted by molar-refractivity contribution is 7.99. The first-order chi connectivity index (χ1) is 13.7. The molecule has 0 fully saturated rings. The van der Waals surface area contributed by atoms with E-state index in [-0.39, 0.29) is 24.3 Å². The van der Waals surface area contributed by atoms with Crippen LogP contribution in [0.5, 0.6) is 11.5 Å². The van der Waals surface area contributed by atoms with E-state index in [0.29, 0.717) is 18.8 Å². The van der Waals surface area contributed by atoms with Crippen LogP contribution in [0, 0.1) is 5.82 Å². The third kappa shape index (κ3) is 4.45. The van der Waals surface area contributed by atoms with Crippen LogP contribution in [0.2, 0.25) is 0 Å². The second-order valence-electron chi connectivity index (χ2n) is 6.22. The van der Waals surface area contributed by atoms with Crippen LogP contribution in [0.4, 0.5) is 4.39 Å². The number of aromatic nitrogens is 2. The van der Waals surface area contributed by atoms with Crippen molar-refractivity contribution >= 4 is 17.7 Å². The highest BCUT2D eigenvalue weighted by Gasteiger charge is 2.14. The quantitative estimate of drug-likeness (QED) is 0.618. The lowest BCUT2D eigenvalue weighted by molar-refractivity contribution is -0.118. The van der Waals surface area contributed by atoms with E-state index in [1.165, 1.54) is 23.9 Å². The van der Waals surface area contributed by atoms with Gasteiger partial charge in [-0.15, -0.1) is 0 Å². The SMILES string of the molecule is O=C(CSc1nccn1Cc1ccc(F)cc1)NCc1ccc2c(c1)OCO2. The first kappa shape index (κ1) is 18.4. The monoisotopic (exact) mass is 399 g/mol. The van der Waals surface area contributed by atoms with Crippen molar-refractivity contribution in [1.29, 1.82) is 0 Å². The molecular formula is C20H18FN3O3S. The molecule has 28 heavy (non-hydrogen) atoms. The molecule has 2 heterocycles. The fourth-order valence-electron chi connectivity index (χ4n) is 2.78. The summed E-state index contributed by atoms with van der Waals surface area (Å²) in [4.78, 5) is 16.5. The lowest BCUT2D eigenvalue weighted by Crippen LogP contribution is -2.24. The van der Waals surface area contributed by atoms with Crippen LogP contribution in [0.15, 0.2) is 60.0 Å². The Balaban J connectivity index is 1.28. The van der Waals surface area contributed by atoms with Gasteiger partial charge in [0.2, 0.25) is 12.7 Å². The number of thioether (sulfide) groups is 1. The number of imidazole rings is 1. The summed E-state index contributed by atoms with van der Waals surface area (Å²) in [6.07, 6.45) is 3.53. The van der Waals surface area contributed by atoms with Gasteiger partial charge in [-0.05, 0) is 35.4 Å². The molecule has 1 aliphatic rings. The van der Waals surface area contributed by atoms with Gasteiger partial charge >= 0.3 is 0 Å². The van der Waals surface area contributed by atoms with Crippen molar-refractivity contribution in [2.45, 2.75) is 18.2 Å². The van der Waals surface area contributed by atoms with E-state index in [9.17, 15) is 9.18 Å². The molecule has 0 atom stereocenters. The number of amides is 1. The summed E-state index contributed by atoms with van der Waals surface area (Å²) in [7, 11) is 0. The van der Waals surface area contributed by atoms with E-state index < -0.39 is 0 Å². The van der Waals surface area contributed by atoms with Crippen LogP contribution >= 0.6 is 11.8 Å². The molecule has 0 saturated heterocycles. The van der Waals surface area contributed by atoms with E-state index in [0.717, 1.165) is 22.0 Å². The van der Waals surface area contributed by atoms with Crippen molar-refractivity contribution in [2.75, 3.05) is 12.5 Å². The second kappa shape index (κ2) is 8.35. The standard InChI is InChI=1S/C20H18FN3O3S/c21-16-4-1-14(2-5-16)11-24-8-7-22-20(24)28-12-19(25)23-10-15-3-6-17-18(9-15)27-13-26-17/h1-9H,10-13H2,(H,23,25). The van der Waals surface area contributed by atoms with Crippen LogP contribution in [0.1, 0.15) is 11.1 Å². The number of hydrogen-bond acceptors (Lipinski definition) is 5. The summed E-state index contributed by atoms with van der Waals surface area (Å²) in [6.45, 7) is 1.22. The predicted octanol–water partition coefficient (Wildman–Crippen LogP) is 3.21. The Morgan fingerprint density at radius 2 is 1.93 bits per heavy atom. The second-order valence-corrected chi connectivity index (χ2v) is 7.16. The lowest BCUT2D eigenvalue weighted by Gasteiger charge is -2.09. The third-order valence-electron chi connectivity index (χ3n) is 4.20. The molecule has 0 spiro atoms. The zero-order valence-electron chi connectivity index (χ0n) is 14.9. The maximum atomic E-state index is 13.0. The fourth-order valence-corrected chi connectivity index (χ4v) is 3.56. The normalized spacial score (nSPS) is 12.2. The first-order valence-corrected chi connectivity index (χ1v) is 9.69. The maximum Gasteiger partial charge on any atom is 0.231 e. The van der Waals surface area contributed by atoms with E-state index in [4.69, 9.17) is 9.47 Å². The molecule has 8 heteroatoms. The van der Waals surface area contributed by atoms with E-state index in [1.807, 2.05) is 29.0 Å². The minimum Gasteiger partial charge on any atom is -0.454 e. The van der Waals surface area contributed by atoms with Gasteiger partial charge in [0.15, 0.2) is 16.7 Å². The maximum absolute atomic E-state index is 13.0. The van der Waals surface area contributed by atoms with E-state index >= 15 is 0 Å². The van der Waals surface area contributed by atoms with Gasteiger partial charge in [0, 0.05) is 25.5 Å². The van der Waals surface area contributed by atoms with Gasteiger partial charge in [-0.3, -0.25) is 4.79 Å². The Bertz CT molecular complexity index is 975. The number of halogens is 1. The van der Waals surface area contributed by atoms with Gasteiger partial charge in [-0.25, -0.2) is 9.37 Å². The van der Waals surface area contributed by atoms with Crippen LogP contribution in [-0.4, -0.2) is 28.0 Å².